The van der Waals surface area contributed by atoms with Gasteiger partial charge in [0.1, 0.15) is 0 Å². The van der Waals surface area contributed by atoms with Gasteiger partial charge in [-0.3, -0.25) is 0 Å². The summed E-state index contributed by atoms with van der Waals surface area (Å²) in [5.41, 5.74) is 4.39. The Hall–Kier alpha value is -3.24. The fraction of sp³-hybridized carbons (Fsp3) is 0.118. The Kier molecular flexibility index (Phi) is 7.06. The first-order valence-corrected chi connectivity index (χ1v) is 12.9. The molecule has 0 saturated carbocycles. The third-order valence-corrected chi connectivity index (χ3v) is 8.05. The standard InChI is InChI=1S/C34H30B.Li/c1-2-3-25-35(32-22-10-16-26-13-4-7-19-29(26)32,33-23-11-17-27-14-5-8-20-30(27)33)34-24-12-18-28-15-6-9-21-31(28)34;/h4-24H,2-3,25H2,1H3;/q-1;+1. The topological polar surface area (TPSA) is 0 Å². The molecule has 0 radical (unpaired) electrons. The summed E-state index contributed by atoms with van der Waals surface area (Å²) in [4.78, 5) is 0. The van der Waals surface area contributed by atoms with E-state index in [1.807, 2.05) is 0 Å². The van der Waals surface area contributed by atoms with Crippen molar-refractivity contribution in [2.75, 3.05) is 0 Å². The van der Waals surface area contributed by atoms with E-state index in [9.17, 15) is 0 Å². The second kappa shape index (κ2) is 10.4. The van der Waals surface area contributed by atoms with Crippen molar-refractivity contribution in [1.29, 1.82) is 0 Å². The maximum atomic E-state index is 2.40. The van der Waals surface area contributed by atoms with Gasteiger partial charge in [0.15, 0.2) is 0 Å². The summed E-state index contributed by atoms with van der Waals surface area (Å²) >= 11 is 0. The first-order chi connectivity index (χ1) is 17.3. The summed E-state index contributed by atoms with van der Waals surface area (Å²) in [5, 5.41) is 8.04. The molecule has 0 bridgehead atoms. The average molecular weight is 456 g/mol. The van der Waals surface area contributed by atoms with Crippen LogP contribution in [0.25, 0.3) is 32.3 Å². The van der Waals surface area contributed by atoms with E-state index in [1.54, 1.807) is 0 Å². The largest absolute Gasteiger partial charge is 1.00 e. The number of unbranched alkanes of at least 4 members (excludes halogenated alkanes) is 1. The molecule has 6 aromatic rings. The Labute approximate surface area is 226 Å². The second-order valence-electron chi connectivity index (χ2n) is 9.89. The molecule has 0 heterocycles. The van der Waals surface area contributed by atoms with E-state index in [0.717, 1.165) is 6.32 Å². The Bertz CT molecular complexity index is 1450. The Morgan fingerprint density at radius 1 is 0.444 bits per heavy atom. The van der Waals surface area contributed by atoms with Crippen LogP contribution < -0.4 is 35.2 Å². The summed E-state index contributed by atoms with van der Waals surface area (Å²) in [6.07, 6.45) is 2.21. The van der Waals surface area contributed by atoms with Crippen molar-refractivity contribution in [1.82, 2.24) is 0 Å². The van der Waals surface area contributed by atoms with Crippen molar-refractivity contribution < 1.29 is 18.9 Å². The quantitative estimate of drug-likeness (QED) is 0.326. The molecule has 0 amide bonds. The molecule has 0 N–H and O–H groups in total. The fourth-order valence-electron chi connectivity index (χ4n) is 6.52. The monoisotopic (exact) mass is 456 g/mol. The van der Waals surface area contributed by atoms with Crippen LogP contribution in [0, 0.1) is 0 Å². The zero-order valence-corrected chi connectivity index (χ0v) is 21.3. The van der Waals surface area contributed by atoms with E-state index in [2.05, 4.69) is 134 Å². The first-order valence-electron chi connectivity index (χ1n) is 12.9. The molecule has 0 aliphatic rings. The van der Waals surface area contributed by atoms with E-state index < -0.39 is 6.15 Å². The molecule has 2 heteroatoms. The molecule has 6 rings (SSSR count). The van der Waals surface area contributed by atoms with Gasteiger partial charge in [0.25, 0.3) is 0 Å². The molecule has 0 fully saturated rings. The van der Waals surface area contributed by atoms with Gasteiger partial charge in [-0.15, -0.1) is 0 Å². The predicted molar refractivity (Wildman–Crippen MR) is 156 cm³/mol. The van der Waals surface area contributed by atoms with Crippen LogP contribution in [0.4, 0.5) is 0 Å². The van der Waals surface area contributed by atoms with Gasteiger partial charge in [-0.1, -0.05) is 163 Å². The minimum atomic E-state index is -1.25. The number of fused-ring (bicyclic) bond motifs is 3. The van der Waals surface area contributed by atoms with Crippen LogP contribution in [0.1, 0.15) is 19.8 Å². The fourth-order valence-corrected chi connectivity index (χ4v) is 6.52. The summed E-state index contributed by atoms with van der Waals surface area (Å²) < 4.78 is 0. The number of hydrogen-bond acceptors (Lipinski definition) is 0. The van der Waals surface area contributed by atoms with Crippen molar-refractivity contribution in [2.45, 2.75) is 26.1 Å². The van der Waals surface area contributed by atoms with Gasteiger partial charge in [0.2, 0.25) is 0 Å². The zero-order chi connectivity index (χ0) is 23.7. The Balaban J connectivity index is 0.00000267. The molecular weight excluding hydrogens is 426 g/mol. The zero-order valence-electron chi connectivity index (χ0n) is 21.3. The van der Waals surface area contributed by atoms with Crippen molar-refractivity contribution in [2.24, 2.45) is 0 Å². The van der Waals surface area contributed by atoms with Gasteiger partial charge in [-0.2, -0.15) is 22.7 Å². The molecule has 0 unspecified atom stereocenters. The summed E-state index contributed by atoms with van der Waals surface area (Å²) in [6.45, 7) is 2.32. The molecule has 0 atom stereocenters. The minimum absolute atomic E-state index is 0. The molecule has 0 aromatic heterocycles. The molecule has 170 valence electrons. The van der Waals surface area contributed by atoms with Crippen LogP contribution in [0.3, 0.4) is 0 Å². The number of hydrogen-bond donors (Lipinski definition) is 0. The van der Waals surface area contributed by atoms with Crippen molar-refractivity contribution in [3.63, 3.8) is 0 Å². The van der Waals surface area contributed by atoms with Crippen LogP contribution in [-0.2, 0) is 0 Å². The predicted octanol–water partition coefficient (Wildman–Crippen LogP) is 4.42. The van der Waals surface area contributed by atoms with Gasteiger partial charge in [-0.05, 0) is 16.2 Å². The van der Waals surface area contributed by atoms with Crippen molar-refractivity contribution in [3.8, 4) is 0 Å². The summed E-state index contributed by atoms with van der Waals surface area (Å²) in [6, 6.07) is 47.5. The summed E-state index contributed by atoms with van der Waals surface area (Å²) in [7, 11) is 0. The second-order valence-corrected chi connectivity index (χ2v) is 9.89. The molecule has 0 aliphatic heterocycles. The van der Waals surface area contributed by atoms with Gasteiger partial charge in [0.05, 0.1) is 6.15 Å². The third kappa shape index (κ3) is 3.98. The first kappa shape index (κ1) is 24.5. The van der Waals surface area contributed by atoms with Crippen molar-refractivity contribution in [3.05, 3.63) is 127 Å². The van der Waals surface area contributed by atoms with Crippen LogP contribution in [-0.4, -0.2) is 6.15 Å². The van der Waals surface area contributed by atoms with Crippen LogP contribution in [0.5, 0.6) is 0 Å². The van der Waals surface area contributed by atoms with Gasteiger partial charge >= 0.3 is 18.9 Å². The molecule has 36 heavy (non-hydrogen) atoms. The van der Waals surface area contributed by atoms with E-state index in [4.69, 9.17) is 0 Å². The van der Waals surface area contributed by atoms with E-state index in [-0.39, 0.29) is 18.9 Å². The smallest absolute Gasteiger partial charge is 0.192 e. The van der Waals surface area contributed by atoms with Gasteiger partial charge in [0, 0.05) is 0 Å². The van der Waals surface area contributed by atoms with E-state index >= 15 is 0 Å². The molecule has 0 aliphatic carbocycles. The van der Waals surface area contributed by atoms with Crippen LogP contribution >= 0.6 is 0 Å². The van der Waals surface area contributed by atoms with Crippen LogP contribution in [0.15, 0.2) is 127 Å². The van der Waals surface area contributed by atoms with Crippen molar-refractivity contribution >= 4 is 54.9 Å². The van der Waals surface area contributed by atoms with Gasteiger partial charge < -0.3 is 0 Å². The van der Waals surface area contributed by atoms with E-state index in [1.165, 1.54) is 61.5 Å². The molecule has 0 nitrogen and oxygen atoms in total. The Morgan fingerprint density at radius 2 is 0.778 bits per heavy atom. The average Bonchev–Trinajstić information content (AvgIpc) is 2.93. The SMILES string of the molecule is CCCC[B-](c1cccc2ccccc12)(c1cccc2ccccc12)c1cccc2ccccc12.[Li+]. The number of rotatable bonds is 6. The maximum absolute atomic E-state index is 2.40. The Morgan fingerprint density at radius 3 is 1.14 bits per heavy atom. The summed E-state index contributed by atoms with van der Waals surface area (Å²) in [5.74, 6) is 0. The van der Waals surface area contributed by atoms with Gasteiger partial charge in [-0.25, -0.2) is 0 Å². The van der Waals surface area contributed by atoms with Crippen LogP contribution in [0.2, 0.25) is 6.32 Å². The maximum Gasteiger partial charge on any atom is 1.00 e. The molecule has 0 saturated heterocycles. The third-order valence-electron chi connectivity index (χ3n) is 8.05. The molecular formula is C34H30BLi. The molecule has 6 aromatic carbocycles. The minimum Gasteiger partial charge on any atom is -0.192 e. The normalized spacial score (nSPS) is 11.6. The molecule has 0 spiro atoms. The number of benzene rings is 6. The van der Waals surface area contributed by atoms with E-state index in [0.29, 0.717) is 0 Å².